The second-order valence-electron chi connectivity index (χ2n) is 5.41. The summed E-state index contributed by atoms with van der Waals surface area (Å²) in [5, 5.41) is 0.403. The summed E-state index contributed by atoms with van der Waals surface area (Å²) < 4.78 is 34.6. The summed E-state index contributed by atoms with van der Waals surface area (Å²) in [6, 6.07) is 7.72. The van der Waals surface area contributed by atoms with Crippen molar-refractivity contribution in [1.82, 2.24) is 0 Å². The van der Waals surface area contributed by atoms with Crippen molar-refractivity contribution in [3.63, 3.8) is 0 Å². The fourth-order valence-electron chi connectivity index (χ4n) is 2.45. The van der Waals surface area contributed by atoms with Crippen LogP contribution in [-0.2, 0) is 22.6 Å². The third-order valence-electron chi connectivity index (χ3n) is 3.62. The lowest BCUT2D eigenvalue weighted by Gasteiger charge is -2.20. The van der Waals surface area contributed by atoms with Gasteiger partial charge in [-0.25, -0.2) is 4.39 Å². The number of esters is 1. The molecule has 1 aliphatic rings. The molecule has 0 amide bonds. The Morgan fingerprint density at radius 1 is 1.20 bits per heavy atom. The molecule has 0 N–H and O–H groups in total. The average molecular weight is 367 g/mol. The van der Waals surface area contributed by atoms with Crippen LogP contribution in [-0.4, -0.2) is 26.3 Å². The number of carbonyl (C=O) groups excluding carboxylic acids is 1. The van der Waals surface area contributed by atoms with Crippen LogP contribution in [0, 0.1) is 5.82 Å². The molecule has 0 fully saturated rings. The van der Waals surface area contributed by atoms with Crippen LogP contribution in [0.5, 0.6) is 17.2 Å². The summed E-state index contributed by atoms with van der Waals surface area (Å²) in [7, 11) is 1.38. The van der Waals surface area contributed by atoms with Crippen LogP contribution in [0.3, 0.4) is 0 Å². The average Bonchev–Trinajstić information content (AvgIpc) is 2.60. The van der Waals surface area contributed by atoms with Crippen molar-refractivity contribution in [3.8, 4) is 17.2 Å². The molecule has 0 radical (unpaired) electrons. The molecule has 2 aromatic carbocycles. The Morgan fingerprint density at radius 3 is 2.76 bits per heavy atom. The largest absolute Gasteiger partial charge is 0.494 e. The van der Waals surface area contributed by atoms with E-state index in [1.807, 2.05) is 0 Å². The Bertz CT molecular complexity index is 793. The molecule has 0 spiro atoms. The monoisotopic (exact) mass is 366 g/mol. The molecule has 7 heteroatoms. The van der Waals surface area contributed by atoms with Gasteiger partial charge in [0.15, 0.2) is 23.1 Å². The predicted molar refractivity (Wildman–Crippen MR) is 88.9 cm³/mol. The molecule has 0 aliphatic carbocycles. The van der Waals surface area contributed by atoms with Gasteiger partial charge in [0.25, 0.3) is 0 Å². The zero-order chi connectivity index (χ0) is 17.8. The summed E-state index contributed by atoms with van der Waals surface area (Å²) in [5.74, 6) is 0.156. The highest BCUT2D eigenvalue weighted by Crippen LogP contribution is 2.38. The van der Waals surface area contributed by atoms with Crippen molar-refractivity contribution in [1.29, 1.82) is 0 Å². The number of hydrogen-bond acceptors (Lipinski definition) is 5. The first-order valence-electron chi connectivity index (χ1n) is 7.63. The fraction of sp³-hybridized carbons (Fsp3) is 0.278. The summed E-state index contributed by atoms with van der Waals surface area (Å²) >= 11 is 6.14. The van der Waals surface area contributed by atoms with E-state index in [-0.39, 0.29) is 18.8 Å². The van der Waals surface area contributed by atoms with E-state index < -0.39 is 11.8 Å². The second-order valence-corrected chi connectivity index (χ2v) is 5.82. The van der Waals surface area contributed by atoms with Crippen LogP contribution in [0.2, 0.25) is 5.02 Å². The molecular weight excluding hydrogens is 351 g/mol. The standard InChI is InChI=1S/C18H16ClFO5/c1-22-15-3-2-11(7-14(15)20)9-17(21)25-10-12-6-13(19)18-16(8-12)23-4-5-24-18/h2-3,6-8H,4-5,9-10H2,1H3. The van der Waals surface area contributed by atoms with Gasteiger partial charge in [0.05, 0.1) is 18.6 Å². The number of ether oxygens (including phenoxy) is 4. The third kappa shape index (κ3) is 4.14. The Hall–Kier alpha value is -2.47. The van der Waals surface area contributed by atoms with Crippen molar-refractivity contribution < 1.29 is 28.1 Å². The summed E-state index contributed by atoms with van der Waals surface area (Å²) in [6.07, 6.45) is -0.0425. The molecule has 1 heterocycles. The van der Waals surface area contributed by atoms with Gasteiger partial charge in [-0.1, -0.05) is 17.7 Å². The molecule has 1 aliphatic heterocycles. The third-order valence-corrected chi connectivity index (χ3v) is 3.90. The minimum absolute atomic E-state index is 0.0355. The Kier molecular flexibility index (Phi) is 5.28. The normalized spacial score (nSPS) is 12.6. The van der Waals surface area contributed by atoms with Gasteiger partial charge in [-0.05, 0) is 35.4 Å². The van der Waals surface area contributed by atoms with Gasteiger partial charge in [0.1, 0.15) is 19.8 Å². The van der Waals surface area contributed by atoms with Crippen molar-refractivity contribution >= 4 is 17.6 Å². The van der Waals surface area contributed by atoms with E-state index >= 15 is 0 Å². The van der Waals surface area contributed by atoms with E-state index in [0.29, 0.717) is 40.9 Å². The van der Waals surface area contributed by atoms with E-state index in [0.717, 1.165) is 0 Å². The summed E-state index contributed by atoms with van der Waals surface area (Å²) in [4.78, 5) is 12.0. The highest BCUT2D eigenvalue weighted by atomic mass is 35.5. The maximum absolute atomic E-state index is 13.6. The van der Waals surface area contributed by atoms with Gasteiger partial charge in [0, 0.05) is 0 Å². The molecule has 0 saturated heterocycles. The minimum Gasteiger partial charge on any atom is -0.494 e. The molecule has 2 aromatic rings. The number of methoxy groups -OCH3 is 1. The molecule has 132 valence electrons. The number of benzene rings is 2. The molecule has 0 saturated carbocycles. The van der Waals surface area contributed by atoms with Crippen molar-refractivity contribution in [2.45, 2.75) is 13.0 Å². The lowest BCUT2D eigenvalue weighted by molar-refractivity contribution is -0.144. The van der Waals surface area contributed by atoms with Crippen molar-refractivity contribution in [2.75, 3.05) is 20.3 Å². The highest BCUT2D eigenvalue weighted by molar-refractivity contribution is 6.32. The molecule has 0 unspecified atom stereocenters. The molecule has 0 aromatic heterocycles. The lowest BCUT2D eigenvalue weighted by Crippen LogP contribution is -2.16. The number of hydrogen-bond donors (Lipinski definition) is 0. The maximum Gasteiger partial charge on any atom is 0.310 e. The van der Waals surface area contributed by atoms with Crippen LogP contribution in [0.1, 0.15) is 11.1 Å². The fourth-order valence-corrected chi connectivity index (χ4v) is 2.74. The molecule has 5 nitrogen and oxygen atoms in total. The molecule has 25 heavy (non-hydrogen) atoms. The van der Waals surface area contributed by atoms with Gasteiger partial charge in [-0.15, -0.1) is 0 Å². The van der Waals surface area contributed by atoms with Gasteiger partial charge in [0.2, 0.25) is 0 Å². The SMILES string of the molecule is COc1ccc(CC(=O)OCc2cc(Cl)c3c(c2)OCCO3)cc1F. The van der Waals surface area contributed by atoms with E-state index in [9.17, 15) is 9.18 Å². The van der Waals surface area contributed by atoms with Gasteiger partial charge in [-0.2, -0.15) is 0 Å². The predicted octanol–water partition coefficient (Wildman–Crippen LogP) is 3.54. The zero-order valence-electron chi connectivity index (χ0n) is 13.5. The molecule has 0 atom stereocenters. The lowest BCUT2D eigenvalue weighted by atomic mass is 10.1. The van der Waals surface area contributed by atoms with E-state index in [4.69, 9.17) is 30.5 Å². The number of carbonyl (C=O) groups is 1. The van der Waals surface area contributed by atoms with Crippen LogP contribution >= 0.6 is 11.6 Å². The first kappa shape index (κ1) is 17.4. The van der Waals surface area contributed by atoms with E-state index in [1.165, 1.54) is 19.2 Å². The minimum atomic E-state index is -0.522. The molecule has 3 rings (SSSR count). The molecule has 0 bridgehead atoms. The van der Waals surface area contributed by atoms with Crippen LogP contribution in [0.4, 0.5) is 4.39 Å². The van der Waals surface area contributed by atoms with E-state index in [2.05, 4.69) is 0 Å². The summed E-state index contributed by atoms with van der Waals surface area (Å²) in [5.41, 5.74) is 1.19. The van der Waals surface area contributed by atoms with Gasteiger partial charge in [-0.3, -0.25) is 4.79 Å². The maximum atomic E-state index is 13.6. The summed E-state index contributed by atoms with van der Waals surface area (Å²) in [6.45, 7) is 0.920. The molecular formula is C18H16ClFO5. The quantitative estimate of drug-likeness (QED) is 0.757. The van der Waals surface area contributed by atoms with Crippen molar-refractivity contribution in [3.05, 3.63) is 52.3 Å². The Labute approximate surface area is 149 Å². The van der Waals surface area contributed by atoms with Crippen LogP contribution in [0.25, 0.3) is 0 Å². The Balaban J connectivity index is 1.61. The smallest absolute Gasteiger partial charge is 0.310 e. The van der Waals surface area contributed by atoms with Gasteiger partial charge >= 0.3 is 5.97 Å². The van der Waals surface area contributed by atoms with Crippen LogP contribution < -0.4 is 14.2 Å². The Morgan fingerprint density at radius 2 is 2.00 bits per heavy atom. The first-order chi connectivity index (χ1) is 12.1. The van der Waals surface area contributed by atoms with Crippen LogP contribution in [0.15, 0.2) is 30.3 Å². The van der Waals surface area contributed by atoms with E-state index in [1.54, 1.807) is 18.2 Å². The van der Waals surface area contributed by atoms with Gasteiger partial charge < -0.3 is 18.9 Å². The van der Waals surface area contributed by atoms with Crippen molar-refractivity contribution in [2.24, 2.45) is 0 Å². The number of rotatable bonds is 5. The zero-order valence-corrected chi connectivity index (χ0v) is 14.3. The second kappa shape index (κ2) is 7.61. The first-order valence-corrected chi connectivity index (χ1v) is 8.00. The number of halogens is 2. The topological polar surface area (TPSA) is 54.0 Å². The number of fused-ring (bicyclic) bond motifs is 1. The highest BCUT2D eigenvalue weighted by Gasteiger charge is 2.17.